The largest absolute Gasteiger partial charge is 0.365 e. The van der Waals surface area contributed by atoms with Crippen LogP contribution in [0.2, 0.25) is 0 Å². The molecule has 2 aromatic heterocycles. The Morgan fingerprint density at radius 1 is 1.45 bits per heavy atom. The van der Waals surface area contributed by atoms with Gasteiger partial charge in [0.25, 0.3) is 0 Å². The van der Waals surface area contributed by atoms with Crippen LogP contribution in [-0.2, 0) is 0 Å². The Labute approximate surface area is 119 Å². The van der Waals surface area contributed by atoms with Crippen molar-refractivity contribution in [3.63, 3.8) is 0 Å². The summed E-state index contributed by atoms with van der Waals surface area (Å²) in [4.78, 5) is 4.48. The molecule has 1 fully saturated rings. The molecule has 1 aliphatic carbocycles. The fourth-order valence-electron chi connectivity index (χ4n) is 2.70. The minimum Gasteiger partial charge on any atom is -0.365 e. The molecule has 5 nitrogen and oxygen atoms in total. The zero-order valence-electron chi connectivity index (χ0n) is 12.6. The van der Waals surface area contributed by atoms with E-state index >= 15 is 0 Å². The summed E-state index contributed by atoms with van der Waals surface area (Å²) in [5, 5.41) is 8.13. The van der Waals surface area contributed by atoms with Crippen LogP contribution in [0.3, 0.4) is 0 Å². The number of hydrogen-bond donors (Lipinski definition) is 2. The summed E-state index contributed by atoms with van der Waals surface area (Å²) in [7, 11) is 0. The molecule has 5 heteroatoms. The maximum atomic E-state index is 6.08. The minimum atomic E-state index is 0.107. The molecule has 2 unspecified atom stereocenters. The Morgan fingerprint density at radius 3 is 2.80 bits per heavy atom. The number of hydrogen-bond acceptors (Lipinski definition) is 4. The highest BCUT2D eigenvalue weighted by Crippen LogP contribution is 2.41. The van der Waals surface area contributed by atoms with Crippen LogP contribution < -0.4 is 11.1 Å². The summed E-state index contributed by atoms with van der Waals surface area (Å²) in [6, 6.07) is 2.75. The Morgan fingerprint density at radius 2 is 2.20 bits per heavy atom. The van der Waals surface area contributed by atoms with E-state index < -0.39 is 0 Å². The van der Waals surface area contributed by atoms with Gasteiger partial charge in [-0.1, -0.05) is 27.7 Å². The Bertz CT molecular complexity index is 628. The van der Waals surface area contributed by atoms with Crippen LogP contribution in [0.25, 0.3) is 5.52 Å². The summed E-state index contributed by atoms with van der Waals surface area (Å²) >= 11 is 0. The van der Waals surface area contributed by atoms with Crippen molar-refractivity contribution in [1.29, 1.82) is 0 Å². The lowest BCUT2D eigenvalue weighted by Crippen LogP contribution is -2.61. The van der Waals surface area contributed by atoms with Crippen molar-refractivity contribution in [2.45, 2.75) is 52.1 Å². The van der Waals surface area contributed by atoms with E-state index in [9.17, 15) is 0 Å². The molecular weight excluding hydrogens is 250 g/mol. The topological polar surface area (TPSA) is 68.2 Å². The van der Waals surface area contributed by atoms with Crippen molar-refractivity contribution in [3.8, 4) is 0 Å². The minimum absolute atomic E-state index is 0.107. The Balaban J connectivity index is 1.92. The average Bonchev–Trinajstić information content (AvgIpc) is 2.83. The average molecular weight is 273 g/mol. The molecule has 108 valence electrons. The highest BCUT2D eigenvalue weighted by molar-refractivity contribution is 5.68. The van der Waals surface area contributed by atoms with Crippen LogP contribution in [0.1, 0.15) is 45.7 Å². The van der Waals surface area contributed by atoms with Crippen molar-refractivity contribution < 1.29 is 0 Å². The number of nitrogens with one attached hydrogen (secondary N) is 1. The van der Waals surface area contributed by atoms with E-state index in [1.54, 1.807) is 6.20 Å². The molecule has 0 aliphatic heterocycles. The molecule has 0 bridgehead atoms. The van der Waals surface area contributed by atoms with Crippen LogP contribution in [0.5, 0.6) is 0 Å². The van der Waals surface area contributed by atoms with E-state index in [0.717, 1.165) is 23.4 Å². The molecule has 3 N–H and O–H groups in total. The van der Waals surface area contributed by atoms with Gasteiger partial charge in [0.05, 0.1) is 5.69 Å². The molecule has 0 amide bonds. The third kappa shape index (κ3) is 1.97. The van der Waals surface area contributed by atoms with Crippen molar-refractivity contribution >= 4 is 11.3 Å². The lowest BCUT2D eigenvalue weighted by Gasteiger charge is -2.50. The number of nitrogens with two attached hydrogens (primary N) is 1. The molecule has 3 rings (SSSR count). The number of fused-ring (bicyclic) bond motifs is 1. The molecule has 0 radical (unpaired) electrons. The van der Waals surface area contributed by atoms with Gasteiger partial charge >= 0.3 is 0 Å². The zero-order chi connectivity index (χ0) is 14.5. The summed E-state index contributed by atoms with van der Waals surface area (Å²) < 4.78 is 1.90. The first-order valence-corrected chi connectivity index (χ1v) is 7.26. The van der Waals surface area contributed by atoms with E-state index in [1.165, 1.54) is 0 Å². The maximum absolute atomic E-state index is 6.08. The summed E-state index contributed by atoms with van der Waals surface area (Å²) in [6.45, 7) is 8.70. The molecule has 2 aromatic rings. The van der Waals surface area contributed by atoms with Gasteiger partial charge in [0.15, 0.2) is 5.82 Å². The van der Waals surface area contributed by atoms with E-state index in [1.807, 2.05) is 10.7 Å². The maximum Gasteiger partial charge on any atom is 0.152 e. The van der Waals surface area contributed by atoms with E-state index in [4.69, 9.17) is 5.73 Å². The van der Waals surface area contributed by atoms with Crippen LogP contribution in [-0.4, -0.2) is 26.7 Å². The quantitative estimate of drug-likeness (QED) is 0.901. The number of rotatable bonds is 3. The molecule has 1 aliphatic rings. The monoisotopic (exact) mass is 273 g/mol. The predicted octanol–water partition coefficient (Wildman–Crippen LogP) is 2.39. The van der Waals surface area contributed by atoms with Crippen molar-refractivity contribution in [2.75, 3.05) is 5.32 Å². The van der Waals surface area contributed by atoms with Crippen molar-refractivity contribution in [3.05, 3.63) is 24.2 Å². The van der Waals surface area contributed by atoms with E-state index in [2.05, 4.69) is 49.2 Å². The number of nitrogens with zero attached hydrogens (tertiary/aromatic N) is 3. The van der Waals surface area contributed by atoms with Crippen LogP contribution in [0, 0.1) is 5.41 Å². The SMILES string of the molecule is CC(C)c1cc2c(NC3CC(N)C3(C)C)nccn2n1. The second kappa shape index (κ2) is 4.45. The highest BCUT2D eigenvalue weighted by Gasteiger charge is 2.46. The first-order chi connectivity index (χ1) is 9.39. The Hall–Kier alpha value is -1.62. The van der Waals surface area contributed by atoms with Gasteiger partial charge in [-0.05, 0) is 18.4 Å². The predicted molar refractivity (Wildman–Crippen MR) is 80.9 cm³/mol. The van der Waals surface area contributed by atoms with Gasteiger partial charge in [0.1, 0.15) is 5.52 Å². The molecule has 0 spiro atoms. The van der Waals surface area contributed by atoms with E-state index in [0.29, 0.717) is 12.0 Å². The zero-order valence-corrected chi connectivity index (χ0v) is 12.6. The first-order valence-electron chi connectivity index (χ1n) is 7.26. The van der Waals surface area contributed by atoms with Crippen LogP contribution in [0.4, 0.5) is 5.82 Å². The lowest BCUT2D eigenvalue weighted by atomic mass is 9.63. The van der Waals surface area contributed by atoms with Gasteiger partial charge in [-0.25, -0.2) is 9.50 Å². The molecule has 0 saturated heterocycles. The van der Waals surface area contributed by atoms with Gasteiger partial charge < -0.3 is 11.1 Å². The summed E-state index contributed by atoms with van der Waals surface area (Å²) in [5.74, 6) is 1.31. The normalized spacial score (nSPS) is 24.9. The molecule has 1 saturated carbocycles. The molecule has 2 heterocycles. The van der Waals surface area contributed by atoms with Crippen molar-refractivity contribution in [1.82, 2.24) is 14.6 Å². The second-order valence-electron chi connectivity index (χ2n) is 6.69. The molecule has 20 heavy (non-hydrogen) atoms. The fourth-order valence-corrected chi connectivity index (χ4v) is 2.70. The highest BCUT2D eigenvalue weighted by atomic mass is 15.2. The van der Waals surface area contributed by atoms with Gasteiger partial charge in [-0.3, -0.25) is 0 Å². The smallest absolute Gasteiger partial charge is 0.152 e. The Kier molecular flexibility index (Phi) is 2.97. The van der Waals surface area contributed by atoms with Gasteiger partial charge in [-0.15, -0.1) is 0 Å². The molecule has 0 aromatic carbocycles. The number of aromatic nitrogens is 3. The summed E-state index contributed by atoms with van der Waals surface area (Å²) in [5.41, 5.74) is 8.31. The van der Waals surface area contributed by atoms with Gasteiger partial charge in [-0.2, -0.15) is 5.10 Å². The first kappa shape index (κ1) is 13.4. The van der Waals surface area contributed by atoms with E-state index in [-0.39, 0.29) is 11.5 Å². The standard InChI is InChI=1S/C15H23N5/c1-9(2)10-7-11-14(17-5-6-20(11)19-10)18-13-8-12(16)15(13,3)4/h5-7,9,12-13H,8,16H2,1-4H3,(H,17,18). The fraction of sp³-hybridized carbons (Fsp3) is 0.600. The summed E-state index contributed by atoms with van der Waals surface area (Å²) in [6.07, 6.45) is 4.67. The molecule has 2 atom stereocenters. The lowest BCUT2D eigenvalue weighted by molar-refractivity contribution is 0.117. The van der Waals surface area contributed by atoms with Crippen LogP contribution >= 0.6 is 0 Å². The van der Waals surface area contributed by atoms with Crippen molar-refractivity contribution in [2.24, 2.45) is 11.1 Å². The third-order valence-corrected chi connectivity index (χ3v) is 4.65. The third-order valence-electron chi connectivity index (χ3n) is 4.65. The number of anilines is 1. The van der Waals surface area contributed by atoms with Gasteiger partial charge in [0.2, 0.25) is 0 Å². The van der Waals surface area contributed by atoms with Crippen LogP contribution in [0.15, 0.2) is 18.5 Å². The van der Waals surface area contributed by atoms with Gasteiger partial charge in [0, 0.05) is 29.9 Å². The second-order valence-corrected chi connectivity index (χ2v) is 6.69. The molecular formula is C15H23N5.